The van der Waals surface area contributed by atoms with Crippen molar-refractivity contribution in [1.29, 1.82) is 0 Å². The maximum absolute atomic E-state index is 11.9. The Hall–Kier alpha value is -2.24. The molecule has 1 aliphatic carbocycles. The number of esters is 1. The molecule has 0 spiro atoms. The summed E-state index contributed by atoms with van der Waals surface area (Å²) in [4.78, 5) is 23.1. The molecule has 6 heteroatoms. The van der Waals surface area contributed by atoms with Crippen LogP contribution in [0.25, 0.3) is 0 Å². The third kappa shape index (κ3) is 7.79. The quantitative estimate of drug-likeness (QED) is 0.477. The first-order chi connectivity index (χ1) is 13.6. The van der Waals surface area contributed by atoms with Gasteiger partial charge in [0.2, 0.25) is 0 Å². The molecular formula is C22H33NO5. The molecule has 1 fully saturated rings. The first-order valence-corrected chi connectivity index (χ1v) is 10.4. The Kier molecular flexibility index (Phi) is 9.66. The molecule has 0 heterocycles. The summed E-state index contributed by atoms with van der Waals surface area (Å²) < 4.78 is 16.2. The Morgan fingerprint density at radius 1 is 1.11 bits per heavy atom. The van der Waals surface area contributed by atoms with E-state index in [4.69, 9.17) is 14.2 Å². The van der Waals surface area contributed by atoms with Gasteiger partial charge in [0.05, 0.1) is 13.2 Å². The number of carbonyl (C=O) groups is 2. The van der Waals surface area contributed by atoms with Crippen LogP contribution < -0.4 is 10.1 Å². The highest BCUT2D eigenvalue weighted by molar-refractivity contribution is 5.69. The number of benzene rings is 1. The normalized spacial score (nSPS) is 18.9. The molecule has 2 atom stereocenters. The average molecular weight is 392 g/mol. The lowest BCUT2D eigenvalue weighted by molar-refractivity contribution is -0.153. The summed E-state index contributed by atoms with van der Waals surface area (Å²) in [6.07, 6.45) is 6.24. The summed E-state index contributed by atoms with van der Waals surface area (Å²) in [6, 6.07) is 8.02. The van der Waals surface area contributed by atoms with Crippen molar-refractivity contribution in [2.45, 2.75) is 64.9 Å². The van der Waals surface area contributed by atoms with Gasteiger partial charge in [-0.1, -0.05) is 25.5 Å². The smallest absolute Gasteiger partial charge is 0.407 e. The third-order valence-electron chi connectivity index (χ3n) is 4.91. The maximum Gasteiger partial charge on any atom is 0.407 e. The Bertz CT molecular complexity index is 601. The van der Waals surface area contributed by atoms with Crippen LogP contribution in [0, 0.1) is 5.92 Å². The van der Waals surface area contributed by atoms with Crippen LogP contribution in [0.3, 0.4) is 0 Å². The molecule has 0 aromatic heterocycles. The van der Waals surface area contributed by atoms with Crippen molar-refractivity contribution in [2.24, 2.45) is 5.92 Å². The summed E-state index contributed by atoms with van der Waals surface area (Å²) >= 11 is 0. The van der Waals surface area contributed by atoms with Gasteiger partial charge in [-0.05, 0) is 62.6 Å². The van der Waals surface area contributed by atoms with E-state index in [0.29, 0.717) is 32.1 Å². The van der Waals surface area contributed by atoms with Crippen molar-refractivity contribution >= 4 is 12.1 Å². The van der Waals surface area contributed by atoms with Crippen molar-refractivity contribution in [3.05, 3.63) is 29.8 Å². The number of rotatable bonds is 10. The minimum absolute atomic E-state index is 0.0395. The predicted octanol–water partition coefficient (Wildman–Crippen LogP) is 4.26. The molecule has 6 nitrogen and oxygen atoms in total. The standard InChI is InChI=1S/C22H33NO5/c1-3-7-21(24)28-20-9-6-5-8-18(20)16-17-10-12-19(13-11-17)27-15-14-23-22(25)26-4-2/h10-13,18,20H,3-9,14-16H2,1-2H3,(H,23,25)/t18-,20-/m0/s1. The van der Waals surface area contributed by atoms with Crippen molar-refractivity contribution in [3.63, 3.8) is 0 Å². The van der Waals surface area contributed by atoms with Gasteiger partial charge in [-0.15, -0.1) is 0 Å². The van der Waals surface area contributed by atoms with Crippen LogP contribution in [-0.2, 0) is 20.7 Å². The van der Waals surface area contributed by atoms with Crippen LogP contribution in [0.5, 0.6) is 5.75 Å². The Balaban J connectivity index is 1.78. The van der Waals surface area contributed by atoms with Crippen molar-refractivity contribution in [3.8, 4) is 5.75 Å². The van der Waals surface area contributed by atoms with E-state index in [1.54, 1.807) is 6.92 Å². The molecule has 0 radical (unpaired) electrons. The fourth-order valence-electron chi connectivity index (χ4n) is 3.52. The van der Waals surface area contributed by atoms with E-state index in [0.717, 1.165) is 37.9 Å². The zero-order chi connectivity index (χ0) is 20.2. The van der Waals surface area contributed by atoms with Gasteiger partial charge < -0.3 is 19.5 Å². The summed E-state index contributed by atoms with van der Waals surface area (Å²) in [6.45, 7) is 4.90. The van der Waals surface area contributed by atoms with E-state index >= 15 is 0 Å². The molecule has 0 unspecified atom stereocenters. The highest BCUT2D eigenvalue weighted by atomic mass is 16.5. The molecule has 1 N–H and O–H groups in total. The van der Waals surface area contributed by atoms with Crippen molar-refractivity contribution in [2.75, 3.05) is 19.8 Å². The second-order valence-electron chi connectivity index (χ2n) is 7.17. The molecule has 1 saturated carbocycles. The highest BCUT2D eigenvalue weighted by Crippen LogP contribution is 2.30. The lowest BCUT2D eigenvalue weighted by atomic mass is 9.82. The Morgan fingerprint density at radius 3 is 2.57 bits per heavy atom. The van der Waals surface area contributed by atoms with Crippen LogP contribution >= 0.6 is 0 Å². The largest absolute Gasteiger partial charge is 0.492 e. The van der Waals surface area contributed by atoms with Gasteiger partial charge >= 0.3 is 12.1 Å². The molecule has 1 amide bonds. The van der Waals surface area contributed by atoms with E-state index in [2.05, 4.69) is 17.4 Å². The highest BCUT2D eigenvalue weighted by Gasteiger charge is 2.28. The molecule has 1 aliphatic rings. The zero-order valence-corrected chi connectivity index (χ0v) is 17.1. The monoisotopic (exact) mass is 391 g/mol. The Labute approximate surface area is 167 Å². The summed E-state index contributed by atoms with van der Waals surface area (Å²) in [5.74, 6) is 1.08. The van der Waals surface area contributed by atoms with Gasteiger partial charge in [0, 0.05) is 6.42 Å². The topological polar surface area (TPSA) is 73.9 Å². The molecule has 0 saturated heterocycles. The van der Waals surface area contributed by atoms with Crippen molar-refractivity contribution in [1.82, 2.24) is 5.32 Å². The number of amides is 1. The first-order valence-electron chi connectivity index (χ1n) is 10.4. The van der Waals surface area contributed by atoms with Gasteiger partial charge in [0.25, 0.3) is 0 Å². The van der Waals surface area contributed by atoms with Crippen LogP contribution in [-0.4, -0.2) is 37.9 Å². The van der Waals surface area contributed by atoms with Gasteiger partial charge in [-0.3, -0.25) is 4.79 Å². The lowest BCUT2D eigenvalue weighted by Crippen LogP contribution is -2.31. The molecule has 0 bridgehead atoms. The predicted molar refractivity (Wildman–Crippen MR) is 107 cm³/mol. The van der Waals surface area contributed by atoms with Crippen LogP contribution in [0.15, 0.2) is 24.3 Å². The number of carbonyl (C=O) groups excluding carboxylic acids is 2. The maximum atomic E-state index is 11.9. The van der Waals surface area contributed by atoms with Gasteiger partial charge in [-0.2, -0.15) is 0 Å². The SMILES string of the molecule is CCCC(=O)O[C@H]1CCCC[C@H]1Cc1ccc(OCCNC(=O)OCC)cc1. The van der Waals surface area contributed by atoms with E-state index in [1.165, 1.54) is 12.0 Å². The lowest BCUT2D eigenvalue weighted by Gasteiger charge is -2.31. The number of hydrogen-bond donors (Lipinski definition) is 1. The van der Waals surface area contributed by atoms with Crippen LogP contribution in [0.2, 0.25) is 0 Å². The fourth-order valence-corrected chi connectivity index (χ4v) is 3.52. The van der Waals surface area contributed by atoms with E-state index in [1.807, 2.05) is 19.1 Å². The molecule has 28 heavy (non-hydrogen) atoms. The number of nitrogens with one attached hydrogen (secondary N) is 1. The van der Waals surface area contributed by atoms with E-state index in [9.17, 15) is 9.59 Å². The van der Waals surface area contributed by atoms with E-state index < -0.39 is 6.09 Å². The van der Waals surface area contributed by atoms with Gasteiger partial charge in [-0.25, -0.2) is 4.79 Å². The molecule has 156 valence electrons. The second kappa shape index (κ2) is 12.3. The minimum Gasteiger partial charge on any atom is -0.492 e. The second-order valence-corrected chi connectivity index (χ2v) is 7.17. The van der Waals surface area contributed by atoms with Gasteiger partial charge in [0.1, 0.15) is 18.5 Å². The molecule has 1 aromatic rings. The fraction of sp³-hybridized carbons (Fsp3) is 0.636. The average Bonchev–Trinajstić information content (AvgIpc) is 2.68. The van der Waals surface area contributed by atoms with Crippen LogP contribution in [0.4, 0.5) is 4.79 Å². The number of hydrogen-bond acceptors (Lipinski definition) is 5. The summed E-state index contributed by atoms with van der Waals surface area (Å²) in [7, 11) is 0. The molecule has 2 rings (SSSR count). The Morgan fingerprint density at radius 2 is 1.86 bits per heavy atom. The number of alkyl carbamates (subject to hydrolysis) is 1. The molecule has 1 aromatic carbocycles. The van der Waals surface area contributed by atoms with E-state index in [-0.39, 0.29) is 12.1 Å². The summed E-state index contributed by atoms with van der Waals surface area (Å²) in [5, 5.41) is 2.62. The van der Waals surface area contributed by atoms with Crippen LogP contribution in [0.1, 0.15) is 57.9 Å². The minimum atomic E-state index is -0.428. The van der Waals surface area contributed by atoms with Crippen molar-refractivity contribution < 1.29 is 23.8 Å². The summed E-state index contributed by atoms with van der Waals surface area (Å²) in [5.41, 5.74) is 1.22. The third-order valence-corrected chi connectivity index (χ3v) is 4.91. The first kappa shape index (κ1) is 22.1. The zero-order valence-electron chi connectivity index (χ0n) is 17.1. The van der Waals surface area contributed by atoms with Gasteiger partial charge in [0.15, 0.2) is 0 Å². The molecular weight excluding hydrogens is 358 g/mol. The number of ether oxygens (including phenoxy) is 3. The molecule has 0 aliphatic heterocycles.